The summed E-state index contributed by atoms with van der Waals surface area (Å²) in [5.74, 6) is -0.305. The largest absolute Gasteiger partial charge is 0.460 e. The Hall–Kier alpha value is -1.84. The highest BCUT2D eigenvalue weighted by atomic mass is 16.6. The van der Waals surface area contributed by atoms with Gasteiger partial charge >= 0.3 is 5.97 Å². The lowest BCUT2D eigenvalue weighted by Crippen LogP contribution is -2.35. The summed E-state index contributed by atoms with van der Waals surface area (Å²) in [4.78, 5) is 26.1. The van der Waals surface area contributed by atoms with Crippen molar-refractivity contribution >= 4 is 17.6 Å². The standard InChI is InChI=1S/C18H25NO3/c1-11-7-12(2)17-14(8-11)13(9-15(20)19(17)6)10-16(21)22-18(3,4)5/h7-8,13H,9-10H2,1-6H3/t13-/m0/s1. The van der Waals surface area contributed by atoms with Crippen molar-refractivity contribution < 1.29 is 14.3 Å². The van der Waals surface area contributed by atoms with Gasteiger partial charge in [-0.25, -0.2) is 0 Å². The Morgan fingerprint density at radius 1 is 1.32 bits per heavy atom. The maximum Gasteiger partial charge on any atom is 0.306 e. The van der Waals surface area contributed by atoms with E-state index in [9.17, 15) is 9.59 Å². The molecule has 4 heteroatoms. The van der Waals surface area contributed by atoms with Crippen molar-refractivity contribution in [1.82, 2.24) is 0 Å². The monoisotopic (exact) mass is 303 g/mol. The molecule has 2 rings (SSSR count). The first-order valence-corrected chi connectivity index (χ1v) is 7.68. The number of carbonyl (C=O) groups excluding carboxylic acids is 2. The van der Waals surface area contributed by atoms with Gasteiger partial charge in [0.1, 0.15) is 5.60 Å². The molecule has 1 aliphatic heterocycles. The molecule has 0 fully saturated rings. The topological polar surface area (TPSA) is 46.6 Å². The van der Waals surface area contributed by atoms with E-state index in [1.807, 2.05) is 34.6 Å². The molecule has 0 spiro atoms. The van der Waals surface area contributed by atoms with E-state index >= 15 is 0 Å². The Morgan fingerprint density at radius 2 is 1.95 bits per heavy atom. The van der Waals surface area contributed by atoms with Crippen molar-refractivity contribution in [3.63, 3.8) is 0 Å². The quantitative estimate of drug-likeness (QED) is 0.786. The first kappa shape index (κ1) is 16.5. The average Bonchev–Trinajstić information content (AvgIpc) is 2.32. The first-order valence-electron chi connectivity index (χ1n) is 7.68. The van der Waals surface area contributed by atoms with E-state index in [0.29, 0.717) is 6.42 Å². The van der Waals surface area contributed by atoms with E-state index in [1.54, 1.807) is 11.9 Å². The molecule has 0 saturated heterocycles. The number of carbonyl (C=O) groups is 2. The predicted molar refractivity (Wildman–Crippen MR) is 87.1 cm³/mol. The van der Waals surface area contributed by atoms with Crippen LogP contribution in [0.5, 0.6) is 0 Å². The Kier molecular flexibility index (Phi) is 4.32. The van der Waals surface area contributed by atoms with Gasteiger partial charge in [0.15, 0.2) is 0 Å². The summed E-state index contributed by atoms with van der Waals surface area (Å²) in [7, 11) is 1.80. The van der Waals surface area contributed by atoms with Crippen LogP contribution >= 0.6 is 0 Å². The maximum atomic E-state index is 12.2. The number of aryl methyl sites for hydroxylation is 2. The van der Waals surface area contributed by atoms with Crippen LogP contribution in [-0.4, -0.2) is 24.5 Å². The zero-order valence-electron chi connectivity index (χ0n) is 14.3. The predicted octanol–water partition coefficient (Wildman–Crippen LogP) is 3.49. The summed E-state index contributed by atoms with van der Waals surface area (Å²) >= 11 is 0. The number of hydrogen-bond donors (Lipinski definition) is 0. The highest BCUT2D eigenvalue weighted by Gasteiger charge is 2.33. The number of ether oxygens (including phenoxy) is 1. The second kappa shape index (κ2) is 5.75. The number of hydrogen-bond acceptors (Lipinski definition) is 3. The molecule has 0 unspecified atom stereocenters. The Labute approximate surface area is 132 Å². The number of benzene rings is 1. The second-order valence-electron chi connectivity index (χ2n) is 7.16. The molecule has 22 heavy (non-hydrogen) atoms. The van der Waals surface area contributed by atoms with Crippen LogP contribution in [0.15, 0.2) is 12.1 Å². The van der Waals surface area contributed by atoms with Crippen LogP contribution in [0, 0.1) is 13.8 Å². The van der Waals surface area contributed by atoms with E-state index in [2.05, 4.69) is 12.1 Å². The van der Waals surface area contributed by atoms with Gasteiger partial charge < -0.3 is 9.64 Å². The van der Waals surface area contributed by atoms with Gasteiger partial charge in [-0.1, -0.05) is 17.7 Å². The van der Waals surface area contributed by atoms with Crippen LogP contribution in [-0.2, 0) is 14.3 Å². The number of amides is 1. The summed E-state index contributed by atoms with van der Waals surface area (Å²) in [5.41, 5.74) is 3.73. The molecule has 1 heterocycles. The normalized spacial score (nSPS) is 18.2. The summed E-state index contributed by atoms with van der Waals surface area (Å²) in [6.07, 6.45) is 0.596. The van der Waals surface area contributed by atoms with Crippen molar-refractivity contribution in [3.8, 4) is 0 Å². The summed E-state index contributed by atoms with van der Waals surface area (Å²) in [5, 5.41) is 0. The van der Waals surface area contributed by atoms with E-state index < -0.39 is 5.60 Å². The third-order valence-corrected chi connectivity index (χ3v) is 3.88. The zero-order chi connectivity index (χ0) is 16.7. The molecule has 0 aliphatic carbocycles. The van der Waals surface area contributed by atoms with Crippen molar-refractivity contribution in [2.45, 2.75) is 59.0 Å². The minimum absolute atomic E-state index is 0.0491. The minimum atomic E-state index is -0.502. The van der Waals surface area contributed by atoms with Gasteiger partial charge in [-0.3, -0.25) is 9.59 Å². The third-order valence-electron chi connectivity index (χ3n) is 3.88. The van der Waals surface area contributed by atoms with E-state index in [-0.39, 0.29) is 24.2 Å². The number of rotatable bonds is 2. The molecule has 0 radical (unpaired) electrons. The Morgan fingerprint density at radius 3 is 2.55 bits per heavy atom. The molecular formula is C18H25NO3. The zero-order valence-corrected chi connectivity index (χ0v) is 14.3. The summed E-state index contributed by atoms with van der Waals surface area (Å²) < 4.78 is 5.41. The fourth-order valence-electron chi connectivity index (χ4n) is 3.11. The van der Waals surface area contributed by atoms with Crippen LogP contribution in [0.3, 0.4) is 0 Å². The molecular weight excluding hydrogens is 278 g/mol. The van der Waals surface area contributed by atoms with Crippen molar-refractivity contribution in [3.05, 3.63) is 28.8 Å². The molecule has 0 saturated carbocycles. The molecule has 4 nitrogen and oxygen atoms in total. The lowest BCUT2D eigenvalue weighted by Gasteiger charge is -2.33. The minimum Gasteiger partial charge on any atom is -0.460 e. The van der Waals surface area contributed by atoms with Gasteiger partial charge in [0.05, 0.1) is 6.42 Å². The van der Waals surface area contributed by atoms with Crippen LogP contribution in [0.4, 0.5) is 5.69 Å². The molecule has 0 N–H and O–H groups in total. The van der Waals surface area contributed by atoms with Gasteiger partial charge in [-0.2, -0.15) is 0 Å². The Bertz CT molecular complexity index is 613. The fourth-order valence-corrected chi connectivity index (χ4v) is 3.11. The van der Waals surface area contributed by atoms with E-state index in [0.717, 1.165) is 22.4 Å². The van der Waals surface area contributed by atoms with E-state index in [1.165, 1.54) is 0 Å². The van der Waals surface area contributed by atoms with Crippen LogP contribution in [0.1, 0.15) is 56.2 Å². The van der Waals surface area contributed by atoms with Gasteiger partial charge in [0.2, 0.25) is 5.91 Å². The maximum absolute atomic E-state index is 12.2. The van der Waals surface area contributed by atoms with Crippen molar-refractivity contribution in [2.24, 2.45) is 0 Å². The molecule has 0 bridgehead atoms. The number of fused-ring (bicyclic) bond motifs is 1. The Balaban J connectivity index is 2.33. The number of anilines is 1. The van der Waals surface area contributed by atoms with Crippen molar-refractivity contribution in [1.29, 1.82) is 0 Å². The molecule has 1 amide bonds. The fraction of sp³-hybridized carbons (Fsp3) is 0.556. The number of nitrogens with zero attached hydrogens (tertiary/aromatic N) is 1. The highest BCUT2D eigenvalue weighted by Crippen LogP contribution is 2.40. The van der Waals surface area contributed by atoms with Gasteiger partial charge in [0, 0.05) is 25.1 Å². The summed E-state index contributed by atoms with van der Waals surface area (Å²) in [6.45, 7) is 9.60. The molecule has 1 aromatic rings. The first-order chi connectivity index (χ1) is 10.1. The van der Waals surface area contributed by atoms with Crippen LogP contribution < -0.4 is 4.90 Å². The van der Waals surface area contributed by atoms with Crippen LogP contribution in [0.25, 0.3) is 0 Å². The number of esters is 1. The van der Waals surface area contributed by atoms with E-state index in [4.69, 9.17) is 4.74 Å². The van der Waals surface area contributed by atoms with Gasteiger partial charge in [0.25, 0.3) is 0 Å². The molecule has 0 aromatic heterocycles. The SMILES string of the molecule is Cc1cc(C)c2c(c1)[C@H](CC(=O)OC(C)(C)C)CC(=O)N2C. The van der Waals surface area contributed by atoms with Gasteiger partial charge in [-0.05, 0) is 45.7 Å². The summed E-state index contributed by atoms with van der Waals surface area (Å²) in [6, 6.07) is 4.15. The smallest absolute Gasteiger partial charge is 0.306 e. The third kappa shape index (κ3) is 3.49. The van der Waals surface area contributed by atoms with Crippen molar-refractivity contribution in [2.75, 3.05) is 11.9 Å². The van der Waals surface area contributed by atoms with Gasteiger partial charge in [-0.15, -0.1) is 0 Å². The van der Waals surface area contributed by atoms with Crippen LogP contribution in [0.2, 0.25) is 0 Å². The lowest BCUT2D eigenvalue weighted by molar-refractivity contribution is -0.155. The average molecular weight is 303 g/mol. The molecule has 1 atom stereocenters. The molecule has 1 aliphatic rings. The molecule has 1 aromatic carbocycles. The molecule has 120 valence electrons. The lowest BCUT2D eigenvalue weighted by atomic mass is 9.84. The second-order valence-corrected chi connectivity index (χ2v) is 7.16. The highest BCUT2D eigenvalue weighted by molar-refractivity contribution is 5.98.